The molecule has 8 heteroatoms. The Hall–Kier alpha value is -2.00. The summed E-state index contributed by atoms with van der Waals surface area (Å²) in [7, 11) is -8.04. The van der Waals surface area contributed by atoms with Gasteiger partial charge in [0, 0.05) is 18.6 Å². The second-order valence-electron chi connectivity index (χ2n) is 15.4. The van der Waals surface area contributed by atoms with Crippen LogP contribution in [0.4, 0.5) is 0 Å². The molecule has 2 aromatic rings. The van der Waals surface area contributed by atoms with Gasteiger partial charge in [-0.05, 0) is 81.7 Å². The molecule has 1 N–H and O–H groups in total. The molecule has 0 saturated heterocycles. The van der Waals surface area contributed by atoms with Gasteiger partial charge in [0.05, 0.1) is 9.79 Å². The molecular formula is C39H62N2O4S2. The summed E-state index contributed by atoms with van der Waals surface area (Å²) in [6.07, 6.45) is 4.40. The smallest absolute Gasteiger partial charge is 0.207 e. The monoisotopic (exact) mass is 686 g/mol. The topological polar surface area (TPSA) is 83.6 Å². The highest BCUT2D eigenvalue weighted by molar-refractivity contribution is 7.90. The van der Waals surface area contributed by atoms with Crippen LogP contribution in [0.3, 0.4) is 0 Å². The van der Waals surface area contributed by atoms with Crippen molar-refractivity contribution < 1.29 is 16.8 Å². The fourth-order valence-corrected chi connectivity index (χ4v) is 11.2. The SMILES string of the molecule is C=CCN([C@H]1CCCC[C@H]1NS(=O)(=O)c1c(C(C)C)cc(C(C)C)cc1C(C)C)S(=O)(=O)c1c(C(C)C)cc(C(C)C)cc1C(C)C. The summed E-state index contributed by atoms with van der Waals surface area (Å²) in [4.78, 5) is 0.720. The Morgan fingerprint density at radius 1 is 0.660 bits per heavy atom. The lowest BCUT2D eigenvalue weighted by molar-refractivity contribution is 0.226. The van der Waals surface area contributed by atoms with E-state index >= 15 is 8.42 Å². The zero-order valence-corrected chi connectivity index (χ0v) is 32.8. The molecule has 1 saturated carbocycles. The van der Waals surface area contributed by atoms with Gasteiger partial charge >= 0.3 is 0 Å². The largest absolute Gasteiger partial charge is 0.244 e. The van der Waals surface area contributed by atoms with Crippen LogP contribution < -0.4 is 4.72 Å². The number of rotatable bonds is 14. The van der Waals surface area contributed by atoms with Crippen molar-refractivity contribution in [2.45, 2.75) is 166 Å². The van der Waals surface area contributed by atoms with Crippen molar-refractivity contribution in [2.24, 2.45) is 0 Å². The van der Waals surface area contributed by atoms with E-state index in [0.717, 1.165) is 46.2 Å². The highest BCUT2D eigenvalue weighted by Crippen LogP contribution is 2.40. The van der Waals surface area contributed by atoms with Crippen LogP contribution in [0.2, 0.25) is 0 Å². The van der Waals surface area contributed by atoms with E-state index in [1.807, 2.05) is 67.5 Å². The maximum atomic E-state index is 15.0. The first-order valence-electron chi connectivity index (χ1n) is 17.8. The average molecular weight is 687 g/mol. The van der Waals surface area contributed by atoms with Crippen LogP contribution in [0, 0.1) is 0 Å². The zero-order valence-electron chi connectivity index (χ0n) is 31.1. The van der Waals surface area contributed by atoms with E-state index in [9.17, 15) is 8.42 Å². The second kappa shape index (κ2) is 15.7. The van der Waals surface area contributed by atoms with E-state index in [4.69, 9.17) is 0 Å². The highest BCUT2D eigenvalue weighted by Gasteiger charge is 2.42. The zero-order chi connectivity index (χ0) is 35.6. The molecule has 0 bridgehead atoms. The predicted octanol–water partition coefficient (Wildman–Crippen LogP) is 9.89. The third-order valence-electron chi connectivity index (χ3n) is 9.71. The first-order valence-corrected chi connectivity index (χ1v) is 20.7. The molecule has 0 aliphatic heterocycles. The number of nitrogens with zero attached hydrogens (tertiary/aromatic N) is 1. The molecule has 0 aromatic heterocycles. The molecule has 1 fully saturated rings. The minimum absolute atomic E-state index is 0.00436. The maximum absolute atomic E-state index is 15.0. The van der Waals surface area contributed by atoms with Crippen molar-refractivity contribution in [1.29, 1.82) is 0 Å². The molecule has 6 nitrogen and oxygen atoms in total. The Labute approximate surface area is 287 Å². The number of hydrogen-bond acceptors (Lipinski definition) is 4. The number of nitrogens with one attached hydrogen (secondary N) is 1. The summed E-state index contributed by atoms with van der Waals surface area (Å²) in [6.45, 7) is 28.9. The van der Waals surface area contributed by atoms with Gasteiger partial charge in [0.1, 0.15) is 0 Å². The Balaban J connectivity index is 2.22. The van der Waals surface area contributed by atoms with Crippen LogP contribution in [0.5, 0.6) is 0 Å². The normalized spacial score (nSPS) is 18.1. The van der Waals surface area contributed by atoms with Gasteiger partial charge in [-0.25, -0.2) is 21.6 Å². The van der Waals surface area contributed by atoms with Gasteiger partial charge in [0.25, 0.3) is 0 Å². The molecule has 0 spiro atoms. The molecule has 1 aliphatic carbocycles. The van der Waals surface area contributed by atoms with E-state index in [1.165, 1.54) is 0 Å². The number of sulfonamides is 2. The lowest BCUT2D eigenvalue weighted by atomic mass is 9.89. The van der Waals surface area contributed by atoms with Crippen molar-refractivity contribution in [1.82, 2.24) is 9.03 Å². The van der Waals surface area contributed by atoms with Crippen LogP contribution in [-0.2, 0) is 20.0 Å². The summed E-state index contributed by atoms with van der Waals surface area (Å²) in [5, 5.41) is 0. The summed E-state index contributed by atoms with van der Waals surface area (Å²) < 4.78 is 63.8. The van der Waals surface area contributed by atoms with Crippen LogP contribution in [0.1, 0.15) is 178 Å². The molecule has 0 radical (unpaired) electrons. The minimum atomic E-state index is -4.04. The molecule has 47 heavy (non-hydrogen) atoms. The quantitative estimate of drug-likeness (QED) is 0.201. The first-order chi connectivity index (χ1) is 21.8. The van der Waals surface area contributed by atoms with Crippen LogP contribution in [-0.4, -0.2) is 39.8 Å². The minimum Gasteiger partial charge on any atom is -0.207 e. The maximum Gasteiger partial charge on any atom is 0.244 e. The van der Waals surface area contributed by atoms with E-state index in [1.54, 1.807) is 10.4 Å². The van der Waals surface area contributed by atoms with Gasteiger partial charge in [-0.1, -0.05) is 126 Å². The fraction of sp³-hybridized carbons (Fsp3) is 0.641. The summed E-state index contributed by atoms with van der Waals surface area (Å²) in [6, 6.07) is 7.08. The third kappa shape index (κ3) is 8.60. The van der Waals surface area contributed by atoms with Crippen LogP contribution in [0.25, 0.3) is 0 Å². The highest BCUT2D eigenvalue weighted by atomic mass is 32.2. The van der Waals surface area contributed by atoms with Crippen LogP contribution in [0.15, 0.2) is 46.7 Å². The lowest BCUT2D eigenvalue weighted by Gasteiger charge is -2.40. The molecule has 1 aliphatic rings. The Bertz CT molecular complexity index is 1560. The Morgan fingerprint density at radius 2 is 1.04 bits per heavy atom. The molecule has 264 valence electrons. The van der Waals surface area contributed by atoms with Gasteiger partial charge in [0.15, 0.2) is 0 Å². The van der Waals surface area contributed by atoms with Gasteiger partial charge in [-0.3, -0.25) is 0 Å². The summed E-state index contributed by atoms with van der Waals surface area (Å²) in [5.74, 6) is 0.478. The molecule has 0 unspecified atom stereocenters. The van der Waals surface area contributed by atoms with E-state index in [-0.39, 0.29) is 42.1 Å². The second-order valence-corrected chi connectivity index (χ2v) is 18.9. The molecule has 0 amide bonds. The average Bonchev–Trinajstić information content (AvgIpc) is 2.98. The summed E-state index contributed by atoms with van der Waals surface area (Å²) in [5.41, 5.74) is 5.50. The predicted molar refractivity (Wildman–Crippen MR) is 198 cm³/mol. The van der Waals surface area contributed by atoms with E-state index < -0.39 is 32.1 Å². The standard InChI is InChI=1S/C39H62N2O4S2/c1-14-19-41(47(44,45)39-34(28(10)11)22-31(25(4)5)23-35(39)29(12)13)37-18-16-15-17-36(37)40-46(42,43)38-32(26(6)7)20-30(24(2)3)21-33(38)27(8)9/h14,20-29,36-37,40H,1,15-19H2,2-13H3/t36-,37+/m1/s1. The molecule has 3 rings (SSSR count). The number of benzene rings is 2. The molecule has 0 heterocycles. The molecule has 2 aromatic carbocycles. The Morgan fingerprint density at radius 3 is 1.40 bits per heavy atom. The van der Waals surface area contributed by atoms with Crippen LogP contribution >= 0.6 is 0 Å². The third-order valence-corrected chi connectivity index (χ3v) is 13.4. The Kier molecular flexibility index (Phi) is 13.2. The molecule has 2 atom stereocenters. The van der Waals surface area contributed by atoms with Gasteiger partial charge < -0.3 is 0 Å². The van der Waals surface area contributed by atoms with Gasteiger partial charge in [0.2, 0.25) is 20.0 Å². The fourth-order valence-electron chi connectivity index (χ4n) is 6.90. The number of hydrogen-bond donors (Lipinski definition) is 1. The van der Waals surface area contributed by atoms with Gasteiger partial charge in [-0.15, -0.1) is 6.58 Å². The summed E-state index contributed by atoms with van der Waals surface area (Å²) >= 11 is 0. The first kappa shape index (κ1) is 39.4. The van der Waals surface area contributed by atoms with Crippen molar-refractivity contribution >= 4 is 20.0 Å². The van der Waals surface area contributed by atoms with Crippen molar-refractivity contribution in [2.75, 3.05) is 6.54 Å². The van der Waals surface area contributed by atoms with E-state index in [2.05, 4.69) is 51.1 Å². The van der Waals surface area contributed by atoms with Crippen molar-refractivity contribution in [3.05, 3.63) is 70.3 Å². The lowest BCUT2D eigenvalue weighted by Crippen LogP contribution is -2.55. The van der Waals surface area contributed by atoms with Crippen molar-refractivity contribution in [3.8, 4) is 0 Å². The van der Waals surface area contributed by atoms with Crippen molar-refractivity contribution in [3.63, 3.8) is 0 Å². The van der Waals surface area contributed by atoms with E-state index in [0.29, 0.717) is 22.6 Å². The molecular weight excluding hydrogens is 625 g/mol. The van der Waals surface area contributed by atoms with Gasteiger partial charge in [-0.2, -0.15) is 4.31 Å².